The van der Waals surface area contributed by atoms with Crippen molar-refractivity contribution in [2.24, 2.45) is 0 Å². The Morgan fingerprint density at radius 2 is 1.80 bits per heavy atom. The molecule has 2 N–H and O–H groups in total. The minimum atomic E-state index is -0.131. The third-order valence-corrected chi connectivity index (χ3v) is 7.13. The first-order valence-electron chi connectivity index (χ1n) is 11.4. The van der Waals surface area contributed by atoms with E-state index in [4.69, 9.17) is 0 Å². The molecule has 0 unspecified atom stereocenters. The molecule has 2 aliphatic rings. The Kier molecular flexibility index (Phi) is 5.15. The Bertz CT molecular complexity index is 1100. The van der Waals surface area contributed by atoms with Crippen LogP contribution in [-0.4, -0.2) is 38.3 Å². The molecule has 0 radical (unpaired) electrons. The number of nitrogens with one attached hydrogen (secondary N) is 2. The summed E-state index contributed by atoms with van der Waals surface area (Å²) in [4.78, 5) is 18.0. The van der Waals surface area contributed by atoms with Crippen LogP contribution in [0, 0.1) is 13.8 Å². The van der Waals surface area contributed by atoms with Gasteiger partial charge in [-0.2, -0.15) is 0 Å². The first-order valence-corrected chi connectivity index (χ1v) is 11.4. The van der Waals surface area contributed by atoms with Crippen molar-refractivity contribution >= 4 is 10.9 Å². The van der Waals surface area contributed by atoms with Gasteiger partial charge >= 0.3 is 0 Å². The molecular formula is C23H31N6O+. The fraction of sp³-hybridized carbons (Fsp3) is 0.565. The van der Waals surface area contributed by atoms with Crippen LogP contribution in [0.3, 0.4) is 0 Å². The topological polar surface area (TPSA) is 80.9 Å². The van der Waals surface area contributed by atoms with Gasteiger partial charge in [0.2, 0.25) is 5.82 Å². The molecule has 1 saturated heterocycles. The van der Waals surface area contributed by atoms with Crippen molar-refractivity contribution in [2.75, 3.05) is 13.1 Å². The number of aromatic nitrogens is 5. The normalized spacial score (nSPS) is 19.5. The van der Waals surface area contributed by atoms with Gasteiger partial charge in [0.1, 0.15) is 0 Å². The Labute approximate surface area is 176 Å². The average Bonchev–Trinajstić information content (AvgIpc) is 3.45. The third kappa shape index (κ3) is 3.35. The molecule has 1 aliphatic carbocycles. The number of quaternary nitrogens is 1. The van der Waals surface area contributed by atoms with Crippen molar-refractivity contribution in [2.45, 2.75) is 70.9 Å². The molecular weight excluding hydrogens is 376 g/mol. The zero-order valence-electron chi connectivity index (χ0n) is 17.9. The van der Waals surface area contributed by atoms with Gasteiger partial charge in [-0.15, -0.1) is 5.10 Å². The van der Waals surface area contributed by atoms with E-state index in [1.807, 2.05) is 11.6 Å². The first-order chi connectivity index (χ1) is 14.6. The zero-order valence-corrected chi connectivity index (χ0v) is 17.9. The molecule has 158 valence electrons. The molecule has 2 fully saturated rings. The highest BCUT2D eigenvalue weighted by Gasteiger charge is 2.36. The summed E-state index contributed by atoms with van der Waals surface area (Å²) < 4.78 is 2.03. The number of hydrogen-bond donors (Lipinski definition) is 2. The molecule has 0 bridgehead atoms. The lowest BCUT2D eigenvalue weighted by molar-refractivity contribution is -0.931. The van der Waals surface area contributed by atoms with Gasteiger partial charge in [-0.25, -0.2) is 4.68 Å². The lowest BCUT2D eigenvalue weighted by Crippen LogP contribution is -3.13. The van der Waals surface area contributed by atoms with Crippen LogP contribution >= 0.6 is 0 Å². The summed E-state index contributed by atoms with van der Waals surface area (Å²) in [6.07, 6.45) is 8.30. The summed E-state index contributed by atoms with van der Waals surface area (Å²) in [5.74, 6) is 0.856. The summed E-state index contributed by atoms with van der Waals surface area (Å²) in [5.41, 5.74) is 3.99. The van der Waals surface area contributed by atoms with E-state index in [0.29, 0.717) is 6.04 Å². The van der Waals surface area contributed by atoms with E-state index in [2.05, 4.69) is 45.6 Å². The molecule has 30 heavy (non-hydrogen) atoms. The number of hydrogen-bond acceptors (Lipinski definition) is 4. The number of piperidine rings is 1. The van der Waals surface area contributed by atoms with Gasteiger partial charge in [0.25, 0.3) is 5.56 Å². The van der Waals surface area contributed by atoms with Gasteiger partial charge in [-0.3, -0.25) is 4.79 Å². The van der Waals surface area contributed by atoms with Crippen LogP contribution in [0.5, 0.6) is 0 Å². The van der Waals surface area contributed by atoms with E-state index in [0.717, 1.165) is 53.8 Å². The molecule has 1 atom stereocenters. The Morgan fingerprint density at radius 3 is 2.57 bits per heavy atom. The minimum Gasteiger partial charge on any atom is -0.322 e. The van der Waals surface area contributed by atoms with Crippen molar-refractivity contribution in [1.29, 1.82) is 0 Å². The maximum atomic E-state index is 13.4. The summed E-state index contributed by atoms with van der Waals surface area (Å²) in [6, 6.07) is 6.53. The lowest BCUT2D eigenvalue weighted by atomic mass is 9.98. The molecule has 0 spiro atoms. The molecule has 5 rings (SSSR count). The summed E-state index contributed by atoms with van der Waals surface area (Å²) >= 11 is 0. The molecule has 3 aromatic rings. The first kappa shape index (κ1) is 19.4. The molecule has 1 aromatic carbocycles. The van der Waals surface area contributed by atoms with E-state index in [1.165, 1.54) is 42.6 Å². The fourth-order valence-electron chi connectivity index (χ4n) is 5.44. The molecule has 1 aliphatic heterocycles. The monoisotopic (exact) mass is 407 g/mol. The maximum absolute atomic E-state index is 13.4. The number of likely N-dealkylation sites (tertiary alicyclic amines) is 1. The van der Waals surface area contributed by atoms with Crippen molar-refractivity contribution in [3.8, 4) is 0 Å². The predicted octanol–water partition coefficient (Wildman–Crippen LogP) is 2.40. The molecule has 7 heteroatoms. The number of fused-ring (bicyclic) bond motifs is 1. The lowest BCUT2D eigenvalue weighted by Gasteiger charge is -2.31. The van der Waals surface area contributed by atoms with E-state index < -0.39 is 0 Å². The van der Waals surface area contributed by atoms with Gasteiger partial charge in [-0.05, 0) is 73.6 Å². The average molecular weight is 408 g/mol. The number of H-pyrrole nitrogens is 1. The van der Waals surface area contributed by atoms with E-state index in [-0.39, 0.29) is 11.6 Å². The number of aromatic amines is 1. The van der Waals surface area contributed by atoms with Crippen LogP contribution in [0.25, 0.3) is 10.9 Å². The van der Waals surface area contributed by atoms with E-state index in [1.54, 1.807) is 0 Å². The van der Waals surface area contributed by atoms with Crippen molar-refractivity contribution in [3.05, 3.63) is 51.1 Å². The number of tetrazole rings is 1. The van der Waals surface area contributed by atoms with Crippen molar-refractivity contribution in [1.82, 2.24) is 25.2 Å². The molecule has 1 saturated carbocycles. The summed E-state index contributed by atoms with van der Waals surface area (Å²) in [5, 5.41) is 14.1. The van der Waals surface area contributed by atoms with Crippen LogP contribution in [0.15, 0.2) is 23.0 Å². The highest BCUT2D eigenvalue weighted by molar-refractivity contribution is 5.85. The molecule has 3 heterocycles. The van der Waals surface area contributed by atoms with Crippen LogP contribution < -0.4 is 10.5 Å². The maximum Gasteiger partial charge on any atom is 0.258 e. The van der Waals surface area contributed by atoms with E-state index in [9.17, 15) is 4.79 Å². The second kappa shape index (κ2) is 7.95. The Hall–Kier alpha value is -2.54. The summed E-state index contributed by atoms with van der Waals surface area (Å²) in [7, 11) is 0. The number of rotatable bonds is 4. The van der Waals surface area contributed by atoms with Gasteiger partial charge < -0.3 is 9.88 Å². The van der Waals surface area contributed by atoms with Gasteiger partial charge in [0, 0.05) is 5.39 Å². The van der Waals surface area contributed by atoms with Gasteiger partial charge in [0.05, 0.1) is 30.2 Å². The van der Waals surface area contributed by atoms with Gasteiger partial charge in [-0.1, -0.05) is 25.0 Å². The number of benzene rings is 1. The summed E-state index contributed by atoms with van der Waals surface area (Å²) in [6.45, 7) is 6.25. The fourth-order valence-corrected chi connectivity index (χ4v) is 5.44. The zero-order chi connectivity index (χ0) is 20.7. The molecule has 2 aromatic heterocycles. The van der Waals surface area contributed by atoms with Gasteiger partial charge in [0.15, 0.2) is 6.04 Å². The SMILES string of the molecule is Cc1ccc(C)c2[nH]c(=O)c([C@@H](c3nnnn3C3CCCC3)[NH+]3CCCCC3)cc12. The van der Waals surface area contributed by atoms with Crippen LogP contribution in [0.2, 0.25) is 0 Å². The van der Waals surface area contributed by atoms with E-state index >= 15 is 0 Å². The second-order valence-corrected chi connectivity index (χ2v) is 9.11. The highest BCUT2D eigenvalue weighted by atomic mass is 16.1. The number of pyridine rings is 1. The Balaban J connectivity index is 1.68. The van der Waals surface area contributed by atoms with Crippen LogP contribution in [-0.2, 0) is 0 Å². The van der Waals surface area contributed by atoms with Crippen molar-refractivity contribution in [3.63, 3.8) is 0 Å². The quantitative estimate of drug-likeness (QED) is 0.696. The van der Waals surface area contributed by atoms with Crippen molar-refractivity contribution < 1.29 is 4.90 Å². The highest BCUT2D eigenvalue weighted by Crippen LogP contribution is 2.31. The largest absolute Gasteiger partial charge is 0.322 e. The number of nitrogens with zero attached hydrogens (tertiary/aromatic N) is 4. The van der Waals surface area contributed by atoms with Crippen LogP contribution in [0.1, 0.15) is 79.5 Å². The minimum absolute atomic E-state index is 0.0137. The second-order valence-electron chi connectivity index (χ2n) is 9.11. The predicted molar refractivity (Wildman–Crippen MR) is 116 cm³/mol. The number of aryl methyl sites for hydroxylation is 2. The Morgan fingerprint density at radius 1 is 1.07 bits per heavy atom. The van der Waals surface area contributed by atoms with Crippen LogP contribution in [0.4, 0.5) is 0 Å². The molecule has 0 amide bonds. The third-order valence-electron chi connectivity index (χ3n) is 7.13. The molecule has 7 nitrogen and oxygen atoms in total. The standard InChI is InChI=1S/C23H30N6O/c1-15-10-11-16(2)20-18(15)14-19(23(30)24-20)21(28-12-6-3-7-13-28)22-25-26-27-29(22)17-8-4-5-9-17/h10-11,14,17,21H,3-9,12-13H2,1-2H3,(H,24,30)/p+1/t21-/m0/s1. The smallest absolute Gasteiger partial charge is 0.258 e.